The Labute approximate surface area is 274 Å². The lowest BCUT2D eigenvalue weighted by Gasteiger charge is -2.20. The van der Waals surface area contributed by atoms with Gasteiger partial charge in [0.2, 0.25) is 5.91 Å². The molecule has 0 aliphatic carbocycles. The average Bonchev–Trinajstić information content (AvgIpc) is 3.00. The fourth-order valence-corrected chi connectivity index (χ4v) is 5.98. The molecular formula is C38H76N2O4. The molecule has 44 heavy (non-hydrogen) atoms. The van der Waals surface area contributed by atoms with Crippen molar-refractivity contribution >= 4 is 11.9 Å². The zero-order valence-electron chi connectivity index (χ0n) is 30.2. The molecule has 1 atom stereocenters. The molecule has 0 aromatic carbocycles. The number of amides is 1. The predicted octanol–water partition coefficient (Wildman–Crippen LogP) is 10.0. The Morgan fingerprint density at radius 2 is 1.07 bits per heavy atom. The van der Waals surface area contributed by atoms with Gasteiger partial charge in [-0.1, -0.05) is 129 Å². The standard InChI is InChI=1S/C38H76N2O4/c1-6-8-26-35(27-9-7-2)34-38(42)44-33-25-21-17-13-11-15-19-23-29-36(39-37(41)30-31-40(3)4)28-22-18-14-10-12-16-20-24-32-43-5/h35-36H,6-34H2,1-5H3,(H,39,41). The Balaban J connectivity index is 3.99. The van der Waals surface area contributed by atoms with E-state index in [1.54, 1.807) is 7.11 Å². The summed E-state index contributed by atoms with van der Waals surface area (Å²) in [5.41, 5.74) is 0. The first-order valence-corrected chi connectivity index (χ1v) is 19.0. The van der Waals surface area contributed by atoms with Gasteiger partial charge in [-0.25, -0.2) is 0 Å². The molecule has 0 saturated carbocycles. The third-order valence-electron chi connectivity index (χ3n) is 8.90. The molecule has 1 amide bonds. The first kappa shape index (κ1) is 42.9. The summed E-state index contributed by atoms with van der Waals surface area (Å²) < 4.78 is 10.7. The Bertz CT molecular complexity index is 620. The molecule has 262 valence electrons. The van der Waals surface area contributed by atoms with Crippen molar-refractivity contribution in [2.75, 3.05) is 41.0 Å². The maximum Gasteiger partial charge on any atom is 0.306 e. The van der Waals surface area contributed by atoms with Crippen LogP contribution < -0.4 is 5.32 Å². The number of hydrogen-bond donors (Lipinski definition) is 1. The number of methoxy groups -OCH3 is 1. The summed E-state index contributed by atoms with van der Waals surface area (Å²) in [7, 11) is 5.83. The fraction of sp³-hybridized carbons (Fsp3) is 0.947. The average molecular weight is 625 g/mol. The molecule has 0 bridgehead atoms. The minimum absolute atomic E-state index is 0.0128. The summed E-state index contributed by atoms with van der Waals surface area (Å²) in [6, 6.07) is 0.329. The molecule has 0 fully saturated rings. The Hall–Kier alpha value is -1.14. The van der Waals surface area contributed by atoms with E-state index >= 15 is 0 Å². The third kappa shape index (κ3) is 30.9. The lowest BCUT2D eigenvalue weighted by molar-refractivity contribution is -0.145. The van der Waals surface area contributed by atoms with Gasteiger partial charge in [-0.15, -0.1) is 0 Å². The van der Waals surface area contributed by atoms with Crippen molar-refractivity contribution in [3.63, 3.8) is 0 Å². The van der Waals surface area contributed by atoms with Crippen molar-refractivity contribution in [2.45, 2.75) is 187 Å². The fourth-order valence-electron chi connectivity index (χ4n) is 5.98. The highest BCUT2D eigenvalue weighted by Gasteiger charge is 2.15. The van der Waals surface area contributed by atoms with Gasteiger partial charge in [-0.2, -0.15) is 0 Å². The van der Waals surface area contributed by atoms with Gasteiger partial charge in [0.1, 0.15) is 0 Å². The number of nitrogens with one attached hydrogen (secondary N) is 1. The zero-order chi connectivity index (χ0) is 32.5. The van der Waals surface area contributed by atoms with E-state index in [1.807, 2.05) is 14.1 Å². The maximum absolute atomic E-state index is 12.5. The first-order chi connectivity index (χ1) is 21.4. The van der Waals surface area contributed by atoms with Crippen molar-refractivity contribution in [1.82, 2.24) is 10.2 Å². The van der Waals surface area contributed by atoms with Gasteiger partial charge in [0.25, 0.3) is 0 Å². The molecule has 0 aliphatic rings. The summed E-state index contributed by atoms with van der Waals surface area (Å²) in [5.74, 6) is 0.727. The van der Waals surface area contributed by atoms with Crippen molar-refractivity contribution in [1.29, 1.82) is 0 Å². The number of esters is 1. The van der Waals surface area contributed by atoms with Crippen LogP contribution in [0.5, 0.6) is 0 Å². The molecule has 6 nitrogen and oxygen atoms in total. The minimum atomic E-state index is 0.0128. The number of carbonyl (C=O) groups is 2. The topological polar surface area (TPSA) is 67.9 Å². The SMILES string of the molecule is CCCCC(CCCC)CC(=O)OCCCCCCCCCCC(CCCCCCCCCCOC)NC(=O)CCN(C)C. The number of ether oxygens (including phenoxy) is 2. The molecule has 0 saturated heterocycles. The van der Waals surface area contributed by atoms with Gasteiger partial charge < -0.3 is 19.7 Å². The molecule has 6 heteroatoms. The van der Waals surface area contributed by atoms with E-state index in [1.165, 1.54) is 116 Å². The Kier molecular flexibility index (Phi) is 32.4. The van der Waals surface area contributed by atoms with Crippen LogP contribution in [-0.4, -0.2) is 63.8 Å². The van der Waals surface area contributed by atoms with Crippen molar-refractivity contribution in [3.8, 4) is 0 Å². The highest BCUT2D eigenvalue weighted by atomic mass is 16.5. The summed E-state index contributed by atoms with van der Waals surface area (Å²) in [6.45, 7) is 6.73. The molecule has 0 aromatic heterocycles. The first-order valence-electron chi connectivity index (χ1n) is 19.0. The lowest BCUT2D eigenvalue weighted by atomic mass is 9.93. The van der Waals surface area contributed by atoms with Gasteiger partial charge in [0.05, 0.1) is 6.61 Å². The predicted molar refractivity (Wildman–Crippen MR) is 188 cm³/mol. The molecule has 1 N–H and O–H groups in total. The van der Waals surface area contributed by atoms with E-state index in [-0.39, 0.29) is 11.9 Å². The van der Waals surface area contributed by atoms with Crippen LogP contribution in [-0.2, 0) is 19.1 Å². The molecule has 0 heterocycles. The Morgan fingerprint density at radius 1 is 0.614 bits per heavy atom. The monoisotopic (exact) mass is 625 g/mol. The second-order valence-electron chi connectivity index (χ2n) is 13.6. The molecular weight excluding hydrogens is 548 g/mol. The highest BCUT2D eigenvalue weighted by molar-refractivity contribution is 5.76. The van der Waals surface area contributed by atoms with Crippen molar-refractivity contribution in [3.05, 3.63) is 0 Å². The normalized spacial score (nSPS) is 12.2. The van der Waals surface area contributed by atoms with Crippen LogP contribution in [0.1, 0.15) is 181 Å². The zero-order valence-corrected chi connectivity index (χ0v) is 30.2. The van der Waals surface area contributed by atoms with Crippen LogP contribution in [0.3, 0.4) is 0 Å². The number of hydrogen-bond acceptors (Lipinski definition) is 5. The maximum atomic E-state index is 12.5. The van der Waals surface area contributed by atoms with Gasteiger partial charge in [-0.05, 0) is 58.5 Å². The lowest BCUT2D eigenvalue weighted by Crippen LogP contribution is -2.36. The van der Waals surface area contributed by atoms with E-state index < -0.39 is 0 Å². The van der Waals surface area contributed by atoms with Gasteiger partial charge in [0.15, 0.2) is 0 Å². The minimum Gasteiger partial charge on any atom is -0.466 e. The Morgan fingerprint density at radius 3 is 1.52 bits per heavy atom. The van der Waals surface area contributed by atoms with Crippen LogP contribution in [0.4, 0.5) is 0 Å². The summed E-state index contributed by atoms with van der Waals surface area (Å²) in [4.78, 5) is 26.9. The summed E-state index contributed by atoms with van der Waals surface area (Å²) in [6.07, 6.45) is 30.5. The summed E-state index contributed by atoms with van der Waals surface area (Å²) in [5, 5.41) is 3.36. The van der Waals surface area contributed by atoms with Gasteiger partial charge >= 0.3 is 5.97 Å². The second-order valence-corrected chi connectivity index (χ2v) is 13.6. The van der Waals surface area contributed by atoms with Gasteiger partial charge in [0, 0.05) is 39.1 Å². The molecule has 0 radical (unpaired) electrons. The molecule has 1 unspecified atom stereocenters. The van der Waals surface area contributed by atoms with Crippen LogP contribution in [0.2, 0.25) is 0 Å². The van der Waals surface area contributed by atoms with E-state index in [0.29, 0.717) is 31.4 Å². The molecule has 0 spiro atoms. The molecule has 0 aliphatic heterocycles. The molecule has 0 rings (SSSR count). The number of carbonyl (C=O) groups excluding carboxylic acids is 2. The van der Waals surface area contributed by atoms with E-state index in [4.69, 9.17) is 9.47 Å². The largest absolute Gasteiger partial charge is 0.466 e. The number of nitrogens with zero attached hydrogens (tertiary/aromatic N) is 1. The van der Waals surface area contributed by atoms with Crippen molar-refractivity contribution in [2.24, 2.45) is 5.92 Å². The van der Waals surface area contributed by atoms with Gasteiger partial charge in [-0.3, -0.25) is 9.59 Å². The smallest absolute Gasteiger partial charge is 0.306 e. The van der Waals surface area contributed by atoms with E-state index in [0.717, 1.165) is 51.7 Å². The molecule has 0 aromatic rings. The van der Waals surface area contributed by atoms with Crippen LogP contribution >= 0.6 is 0 Å². The summed E-state index contributed by atoms with van der Waals surface area (Å²) >= 11 is 0. The number of unbranched alkanes of at least 4 members (excludes halogenated alkanes) is 16. The van der Waals surface area contributed by atoms with Crippen molar-refractivity contribution < 1.29 is 19.1 Å². The quantitative estimate of drug-likeness (QED) is 0.0570. The van der Waals surface area contributed by atoms with E-state index in [2.05, 4.69) is 24.1 Å². The van der Waals surface area contributed by atoms with Crippen LogP contribution in [0.25, 0.3) is 0 Å². The van der Waals surface area contributed by atoms with Crippen LogP contribution in [0, 0.1) is 5.92 Å². The number of rotatable bonds is 34. The van der Waals surface area contributed by atoms with E-state index in [9.17, 15) is 9.59 Å². The third-order valence-corrected chi connectivity index (χ3v) is 8.90. The van der Waals surface area contributed by atoms with Crippen LogP contribution in [0.15, 0.2) is 0 Å². The second kappa shape index (κ2) is 33.2. The highest BCUT2D eigenvalue weighted by Crippen LogP contribution is 2.21.